The fourth-order valence-corrected chi connectivity index (χ4v) is 2.85. The molecule has 3 rings (SSSR count). The molecule has 0 saturated carbocycles. The van der Waals surface area contributed by atoms with Gasteiger partial charge in [-0.05, 0) is 63.1 Å². The maximum atomic E-state index is 11.6. The molecule has 2 aromatic carbocycles. The first-order chi connectivity index (χ1) is 12.4. The van der Waals surface area contributed by atoms with Gasteiger partial charge < -0.3 is 10.6 Å². The van der Waals surface area contributed by atoms with Crippen LogP contribution in [0.3, 0.4) is 0 Å². The average molecular weight is 346 g/mol. The number of ketones is 1. The molecule has 0 aliphatic carbocycles. The molecule has 0 saturated heterocycles. The van der Waals surface area contributed by atoms with E-state index >= 15 is 0 Å². The van der Waals surface area contributed by atoms with Crippen molar-refractivity contribution in [2.75, 3.05) is 10.6 Å². The van der Waals surface area contributed by atoms with Crippen LogP contribution in [0.1, 0.15) is 34.2 Å². The number of hydrogen-bond acceptors (Lipinski definition) is 5. The number of anilines is 4. The second kappa shape index (κ2) is 7.35. The number of rotatable bonds is 5. The van der Waals surface area contributed by atoms with Crippen molar-refractivity contribution in [1.82, 2.24) is 9.97 Å². The molecular formula is C21H22N4O. The van der Waals surface area contributed by atoms with E-state index in [0.717, 1.165) is 11.4 Å². The van der Waals surface area contributed by atoms with Crippen LogP contribution in [0.25, 0.3) is 0 Å². The number of hydrogen-bond donors (Lipinski definition) is 2. The monoisotopic (exact) mass is 346 g/mol. The van der Waals surface area contributed by atoms with Crippen LogP contribution in [0.15, 0.2) is 48.5 Å². The first-order valence-electron chi connectivity index (χ1n) is 8.48. The molecule has 1 heterocycles. The Balaban J connectivity index is 1.85. The Labute approximate surface area is 153 Å². The van der Waals surface area contributed by atoms with Gasteiger partial charge in [-0.1, -0.05) is 18.2 Å². The molecule has 0 spiro atoms. The van der Waals surface area contributed by atoms with Gasteiger partial charge in [0, 0.05) is 23.0 Å². The van der Waals surface area contributed by atoms with Crippen LogP contribution in [0.4, 0.5) is 23.0 Å². The number of nitrogens with zero attached hydrogens (tertiary/aromatic N) is 2. The summed E-state index contributed by atoms with van der Waals surface area (Å²) in [5, 5.41) is 6.58. The number of carbonyl (C=O) groups excluding carboxylic acids is 1. The van der Waals surface area contributed by atoms with Gasteiger partial charge in [0.05, 0.1) is 0 Å². The lowest BCUT2D eigenvalue weighted by molar-refractivity contribution is 0.101. The van der Waals surface area contributed by atoms with Gasteiger partial charge in [0.1, 0.15) is 17.5 Å². The van der Waals surface area contributed by atoms with Crippen LogP contribution >= 0.6 is 0 Å². The average Bonchev–Trinajstić information content (AvgIpc) is 2.53. The molecule has 0 atom stereocenters. The summed E-state index contributed by atoms with van der Waals surface area (Å²) in [6, 6.07) is 15.5. The smallest absolute Gasteiger partial charge is 0.159 e. The van der Waals surface area contributed by atoms with Crippen LogP contribution in [-0.2, 0) is 0 Å². The van der Waals surface area contributed by atoms with Crippen molar-refractivity contribution in [2.24, 2.45) is 0 Å². The van der Waals surface area contributed by atoms with E-state index in [2.05, 4.69) is 52.6 Å². The van der Waals surface area contributed by atoms with Crippen molar-refractivity contribution < 1.29 is 4.79 Å². The molecule has 5 heteroatoms. The standard InChI is InChI=1S/C21H22N4O/c1-13-8-14(2)10-19(9-13)25-21-12-20(22-16(4)23-21)24-18-7-5-6-17(11-18)15(3)26/h5-12H,1-4H3,(H2,22,23,24,25). The molecule has 26 heavy (non-hydrogen) atoms. The van der Waals surface area contributed by atoms with E-state index in [1.807, 2.05) is 31.2 Å². The van der Waals surface area contributed by atoms with Crippen molar-refractivity contribution >= 4 is 28.8 Å². The molecule has 3 aromatic rings. The highest BCUT2D eigenvalue weighted by atomic mass is 16.1. The Morgan fingerprint density at radius 1 is 0.808 bits per heavy atom. The molecule has 0 aliphatic heterocycles. The van der Waals surface area contributed by atoms with Crippen molar-refractivity contribution in [2.45, 2.75) is 27.7 Å². The van der Waals surface area contributed by atoms with Gasteiger partial charge in [0.2, 0.25) is 0 Å². The summed E-state index contributed by atoms with van der Waals surface area (Å²) in [5.74, 6) is 2.08. The summed E-state index contributed by atoms with van der Waals surface area (Å²) in [6.45, 7) is 7.54. The first-order valence-corrected chi connectivity index (χ1v) is 8.48. The van der Waals surface area contributed by atoms with Crippen molar-refractivity contribution in [3.05, 3.63) is 71.0 Å². The molecule has 0 unspecified atom stereocenters. The second-order valence-electron chi connectivity index (χ2n) is 6.45. The maximum Gasteiger partial charge on any atom is 0.159 e. The number of aromatic nitrogens is 2. The van der Waals surface area contributed by atoms with E-state index in [1.54, 1.807) is 13.0 Å². The summed E-state index contributed by atoms with van der Waals surface area (Å²) in [5.41, 5.74) is 4.85. The number of nitrogens with one attached hydrogen (secondary N) is 2. The maximum absolute atomic E-state index is 11.6. The lowest BCUT2D eigenvalue weighted by atomic mass is 10.1. The highest BCUT2D eigenvalue weighted by molar-refractivity contribution is 5.95. The summed E-state index contributed by atoms with van der Waals surface area (Å²) in [6.07, 6.45) is 0. The minimum absolute atomic E-state index is 0.0321. The van der Waals surface area contributed by atoms with E-state index in [-0.39, 0.29) is 5.78 Å². The van der Waals surface area contributed by atoms with Gasteiger partial charge in [-0.3, -0.25) is 4.79 Å². The Hall–Kier alpha value is -3.21. The Kier molecular flexibility index (Phi) is 4.98. The van der Waals surface area contributed by atoms with E-state index in [4.69, 9.17) is 0 Å². The summed E-state index contributed by atoms with van der Waals surface area (Å²) in [4.78, 5) is 20.4. The predicted molar refractivity (Wildman–Crippen MR) is 106 cm³/mol. The third-order valence-corrected chi connectivity index (χ3v) is 3.87. The number of aryl methyl sites for hydroxylation is 3. The minimum atomic E-state index is 0.0321. The quantitative estimate of drug-likeness (QED) is 0.630. The summed E-state index contributed by atoms with van der Waals surface area (Å²) >= 11 is 0. The summed E-state index contributed by atoms with van der Waals surface area (Å²) < 4.78 is 0. The van der Waals surface area contributed by atoms with Gasteiger partial charge in [-0.15, -0.1) is 0 Å². The van der Waals surface area contributed by atoms with Gasteiger partial charge in [-0.2, -0.15) is 0 Å². The molecule has 0 radical (unpaired) electrons. The molecule has 0 amide bonds. The van der Waals surface area contributed by atoms with Gasteiger partial charge >= 0.3 is 0 Å². The van der Waals surface area contributed by atoms with Crippen LogP contribution in [0.2, 0.25) is 0 Å². The topological polar surface area (TPSA) is 66.9 Å². The molecule has 0 fully saturated rings. The highest BCUT2D eigenvalue weighted by Crippen LogP contribution is 2.22. The van der Waals surface area contributed by atoms with E-state index in [1.165, 1.54) is 11.1 Å². The van der Waals surface area contributed by atoms with Crippen LogP contribution < -0.4 is 10.6 Å². The molecule has 2 N–H and O–H groups in total. The number of benzene rings is 2. The highest BCUT2D eigenvalue weighted by Gasteiger charge is 2.06. The third kappa shape index (κ3) is 4.45. The molecule has 132 valence electrons. The minimum Gasteiger partial charge on any atom is -0.340 e. The van der Waals surface area contributed by atoms with Crippen LogP contribution in [0.5, 0.6) is 0 Å². The third-order valence-electron chi connectivity index (χ3n) is 3.87. The van der Waals surface area contributed by atoms with Gasteiger partial charge in [-0.25, -0.2) is 9.97 Å². The van der Waals surface area contributed by atoms with Gasteiger partial charge in [0.15, 0.2) is 5.78 Å². The number of Topliss-reactive ketones (excluding diaryl/α,β-unsaturated/α-hetero) is 1. The largest absolute Gasteiger partial charge is 0.340 e. The predicted octanol–water partition coefficient (Wildman–Crippen LogP) is 5.09. The van der Waals surface area contributed by atoms with E-state index in [0.29, 0.717) is 23.0 Å². The molecular weight excluding hydrogens is 324 g/mol. The Bertz CT molecular complexity index is 946. The fraction of sp³-hybridized carbons (Fsp3) is 0.190. The molecule has 5 nitrogen and oxygen atoms in total. The fourth-order valence-electron chi connectivity index (χ4n) is 2.85. The molecule has 1 aromatic heterocycles. The lowest BCUT2D eigenvalue weighted by Gasteiger charge is -2.12. The molecule has 0 bridgehead atoms. The zero-order chi connectivity index (χ0) is 18.7. The second-order valence-corrected chi connectivity index (χ2v) is 6.45. The van der Waals surface area contributed by atoms with Crippen molar-refractivity contribution in [3.63, 3.8) is 0 Å². The number of carbonyl (C=O) groups is 1. The Morgan fingerprint density at radius 2 is 1.42 bits per heavy atom. The zero-order valence-corrected chi connectivity index (χ0v) is 15.4. The molecule has 0 aliphatic rings. The van der Waals surface area contributed by atoms with Gasteiger partial charge in [0.25, 0.3) is 0 Å². The van der Waals surface area contributed by atoms with Crippen molar-refractivity contribution in [1.29, 1.82) is 0 Å². The SMILES string of the molecule is CC(=O)c1cccc(Nc2cc(Nc3cc(C)cc(C)c3)nc(C)n2)c1. The zero-order valence-electron chi connectivity index (χ0n) is 15.4. The normalized spacial score (nSPS) is 10.5. The van der Waals surface area contributed by atoms with Crippen molar-refractivity contribution in [3.8, 4) is 0 Å². The summed E-state index contributed by atoms with van der Waals surface area (Å²) in [7, 11) is 0. The first kappa shape index (κ1) is 17.6. The lowest BCUT2D eigenvalue weighted by Crippen LogP contribution is -2.02. The van der Waals surface area contributed by atoms with Crippen LogP contribution in [0, 0.1) is 20.8 Å². The Morgan fingerprint density at radius 3 is 2.04 bits per heavy atom. The van der Waals surface area contributed by atoms with Crippen LogP contribution in [-0.4, -0.2) is 15.8 Å². The van der Waals surface area contributed by atoms with E-state index < -0.39 is 0 Å². The van der Waals surface area contributed by atoms with E-state index in [9.17, 15) is 4.79 Å².